The maximum atomic E-state index is 13.1. The highest BCUT2D eigenvalue weighted by Gasteiger charge is 2.36. The average Bonchev–Trinajstić information content (AvgIpc) is 2.44. The van der Waals surface area contributed by atoms with Crippen LogP contribution in [0.15, 0.2) is 24.3 Å². The van der Waals surface area contributed by atoms with Crippen LogP contribution in [-0.2, 0) is 6.18 Å². The maximum absolute atomic E-state index is 13.1. The van der Waals surface area contributed by atoms with Crippen molar-refractivity contribution >= 4 is 0 Å². The second-order valence-electron chi connectivity index (χ2n) is 5.60. The van der Waals surface area contributed by atoms with Crippen LogP contribution in [0.25, 0.3) is 0 Å². The zero-order valence-electron chi connectivity index (χ0n) is 11.8. The summed E-state index contributed by atoms with van der Waals surface area (Å²) in [4.78, 5) is 0. The van der Waals surface area contributed by atoms with Crippen molar-refractivity contribution < 1.29 is 13.2 Å². The number of hydrogen-bond acceptors (Lipinski definition) is 1. The van der Waals surface area contributed by atoms with Crippen LogP contribution in [0, 0.1) is 0 Å². The molecule has 1 nitrogen and oxygen atoms in total. The van der Waals surface area contributed by atoms with Crippen molar-refractivity contribution in [3.05, 3.63) is 35.4 Å². The standard InChI is InChI=1S/C16H22F3N/c1-2-10-20-13-7-5-6-12(11-13)14-8-3-4-9-15(14)16(17,18)19/h3-4,8-9,12-13,20H,2,5-7,10-11H2,1H3. The average molecular weight is 285 g/mol. The summed E-state index contributed by atoms with van der Waals surface area (Å²) in [6, 6.07) is 6.40. The van der Waals surface area contributed by atoms with E-state index in [9.17, 15) is 13.2 Å². The molecule has 0 spiro atoms. The van der Waals surface area contributed by atoms with Crippen molar-refractivity contribution in [1.82, 2.24) is 5.32 Å². The Kier molecular flexibility index (Phi) is 5.08. The summed E-state index contributed by atoms with van der Waals surface area (Å²) >= 11 is 0. The topological polar surface area (TPSA) is 12.0 Å². The molecular formula is C16H22F3N. The summed E-state index contributed by atoms with van der Waals surface area (Å²) in [5.41, 5.74) is 0.0177. The molecule has 0 radical (unpaired) electrons. The van der Waals surface area contributed by atoms with E-state index in [1.165, 1.54) is 12.1 Å². The number of hydrogen-bond donors (Lipinski definition) is 1. The summed E-state index contributed by atoms with van der Waals surface area (Å²) in [5.74, 6) is 0.0240. The van der Waals surface area contributed by atoms with Gasteiger partial charge in [-0.05, 0) is 49.8 Å². The van der Waals surface area contributed by atoms with Gasteiger partial charge in [-0.2, -0.15) is 13.2 Å². The molecule has 4 heteroatoms. The highest BCUT2D eigenvalue weighted by atomic mass is 19.4. The smallest absolute Gasteiger partial charge is 0.314 e. The zero-order chi connectivity index (χ0) is 14.6. The SMILES string of the molecule is CCCNC1CCCC(c2ccccc2C(F)(F)F)C1. The predicted molar refractivity (Wildman–Crippen MR) is 74.7 cm³/mol. The van der Waals surface area contributed by atoms with Gasteiger partial charge in [0.15, 0.2) is 0 Å². The Labute approximate surface area is 118 Å². The van der Waals surface area contributed by atoms with Crippen molar-refractivity contribution in [2.24, 2.45) is 0 Å². The number of rotatable bonds is 4. The second kappa shape index (κ2) is 6.61. The van der Waals surface area contributed by atoms with Gasteiger partial charge in [-0.1, -0.05) is 31.5 Å². The quantitative estimate of drug-likeness (QED) is 0.843. The molecule has 0 bridgehead atoms. The van der Waals surface area contributed by atoms with E-state index in [4.69, 9.17) is 0 Å². The predicted octanol–water partition coefficient (Wildman–Crippen LogP) is 4.73. The van der Waals surface area contributed by atoms with Crippen LogP contribution in [0.4, 0.5) is 13.2 Å². The number of halogens is 3. The lowest BCUT2D eigenvalue weighted by Gasteiger charge is -2.31. The molecule has 0 saturated heterocycles. The first-order chi connectivity index (χ1) is 9.52. The molecule has 0 aromatic heterocycles. The van der Waals surface area contributed by atoms with Gasteiger partial charge in [-0.15, -0.1) is 0 Å². The molecule has 0 aliphatic heterocycles. The monoisotopic (exact) mass is 285 g/mol. The molecule has 1 aliphatic rings. The van der Waals surface area contributed by atoms with Crippen LogP contribution in [0.1, 0.15) is 56.1 Å². The minimum absolute atomic E-state index is 0.0240. The third-order valence-corrected chi connectivity index (χ3v) is 4.06. The van der Waals surface area contributed by atoms with E-state index >= 15 is 0 Å². The first-order valence-corrected chi connectivity index (χ1v) is 7.42. The third kappa shape index (κ3) is 3.75. The van der Waals surface area contributed by atoms with Gasteiger partial charge in [0.05, 0.1) is 5.56 Å². The zero-order valence-corrected chi connectivity index (χ0v) is 11.8. The summed E-state index contributed by atoms with van der Waals surface area (Å²) in [6.07, 6.45) is 0.550. The molecule has 112 valence electrons. The largest absolute Gasteiger partial charge is 0.416 e. The number of alkyl halides is 3. The first kappa shape index (κ1) is 15.4. The van der Waals surface area contributed by atoms with Crippen molar-refractivity contribution in [3.8, 4) is 0 Å². The van der Waals surface area contributed by atoms with Crippen LogP contribution < -0.4 is 5.32 Å². The summed E-state index contributed by atoms with van der Waals surface area (Å²) in [7, 11) is 0. The van der Waals surface area contributed by atoms with Crippen molar-refractivity contribution in [3.63, 3.8) is 0 Å². The Morgan fingerprint density at radius 1 is 1.20 bits per heavy atom. The maximum Gasteiger partial charge on any atom is 0.416 e. The molecule has 0 amide bonds. The first-order valence-electron chi connectivity index (χ1n) is 7.42. The molecule has 1 aliphatic carbocycles. The van der Waals surface area contributed by atoms with E-state index in [1.807, 2.05) is 0 Å². The van der Waals surface area contributed by atoms with Gasteiger partial charge in [0.1, 0.15) is 0 Å². The third-order valence-electron chi connectivity index (χ3n) is 4.06. The summed E-state index contributed by atoms with van der Waals surface area (Å²) < 4.78 is 39.3. The van der Waals surface area contributed by atoms with E-state index in [0.717, 1.165) is 38.6 Å². The summed E-state index contributed by atoms with van der Waals surface area (Å²) in [6.45, 7) is 3.05. The van der Waals surface area contributed by atoms with Gasteiger partial charge in [0.2, 0.25) is 0 Å². The minimum atomic E-state index is -4.25. The molecule has 2 unspecified atom stereocenters. The molecule has 1 N–H and O–H groups in total. The Morgan fingerprint density at radius 2 is 1.95 bits per heavy atom. The molecule has 20 heavy (non-hydrogen) atoms. The van der Waals surface area contributed by atoms with E-state index in [2.05, 4.69) is 12.2 Å². The molecule has 1 saturated carbocycles. The number of benzene rings is 1. The van der Waals surface area contributed by atoms with Gasteiger partial charge >= 0.3 is 6.18 Å². The lowest BCUT2D eigenvalue weighted by atomic mass is 9.79. The molecule has 2 atom stereocenters. The van der Waals surface area contributed by atoms with Gasteiger partial charge in [-0.25, -0.2) is 0 Å². The molecule has 0 heterocycles. The molecule has 1 aromatic carbocycles. The van der Waals surface area contributed by atoms with Crippen LogP contribution in [0.5, 0.6) is 0 Å². The van der Waals surface area contributed by atoms with Gasteiger partial charge < -0.3 is 5.32 Å². The highest BCUT2D eigenvalue weighted by molar-refractivity contribution is 5.33. The molecule has 1 aromatic rings. The fourth-order valence-corrected chi connectivity index (χ4v) is 3.12. The van der Waals surface area contributed by atoms with Gasteiger partial charge in [0, 0.05) is 6.04 Å². The second-order valence-corrected chi connectivity index (χ2v) is 5.60. The van der Waals surface area contributed by atoms with E-state index in [-0.39, 0.29) is 5.92 Å². The van der Waals surface area contributed by atoms with Crippen LogP contribution >= 0.6 is 0 Å². The Morgan fingerprint density at radius 3 is 2.65 bits per heavy atom. The van der Waals surface area contributed by atoms with Gasteiger partial charge in [-0.3, -0.25) is 0 Å². The Balaban J connectivity index is 2.15. The van der Waals surface area contributed by atoms with Crippen molar-refractivity contribution in [2.45, 2.75) is 57.2 Å². The van der Waals surface area contributed by atoms with Gasteiger partial charge in [0.25, 0.3) is 0 Å². The highest BCUT2D eigenvalue weighted by Crippen LogP contribution is 2.40. The minimum Gasteiger partial charge on any atom is -0.314 e. The molecule has 2 rings (SSSR count). The van der Waals surface area contributed by atoms with Crippen LogP contribution in [0.3, 0.4) is 0 Å². The number of nitrogens with one attached hydrogen (secondary N) is 1. The van der Waals surface area contributed by atoms with Crippen molar-refractivity contribution in [2.75, 3.05) is 6.54 Å². The van der Waals surface area contributed by atoms with E-state index in [0.29, 0.717) is 11.6 Å². The Hall–Kier alpha value is -1.03. The van der Waals surface area contributed by atoms with Crippen molar-refractivity contribution in [1.29, 1.82) is 0 Å². The normalized spacial score (nSPS) is 23.8. The lowest BCUT2D eigenvalue weighted by Crippen LogP contribution is -2.34. The fourth-order valence-electron chi connectivity index (χ4n) is 3.12. The molecule has 1 fully saturated rings. The summed E-state index contributed by atoms with van der Waals surface area (Å²) in [5, 5.41) is 3.45. The van der Waals surface area contributed by atoms with E-state index < -0.39 is 11.7 Å². The Bertz CT molecular complexity index is 428. The fraction of sp³-hybridized carbons (Fsp3) is 0.625. The molecular weight excluding hydrogens is 263 g/mol. The van der Waals surface area contributed by atoms with E-state index in [1.54, 1.807) is 12.1 Å². The van der Waals surface area contributed by atoms with Crippen LogP contribution in [-0.4, -0.2) is 12.6 Å². The lowest BCUT2D eigenvalue weighted by molar-refractivity contribution is -0.138. The van der Waals surface area contributed by atoms with Crippen LogP contribution in [0.2, 0.25) is 0 Å².